The second kappa shape index (κ2) is 21.2. The lowest BCUT2D eigenvalue weighted by Crippen LogP contribution is -2.46. The number of ether oxygens (including phenoxy) is 5. The molecule has 0 radical (unpaired) electrons. The van der Waals surface area contributed by atoms with E-state index in [2.05, 4.69) is 26.3 Å². The van der Waals surface area contributed by atoms with E-state index in [0.29, 0.717) is 46.1 Å². The molecule has 2 unspecified atom stereocenters. The Bertz CT molecular complexity index is 1800. The molecule has 0 saturated heterocycles. The fraction of sp³-hybridized carbons (Fsp3) is 0.444. The van der Waals surface area contributed by atoms with E-state index in [9.17, 15) is 28.8 Å². The van der Waals surface area contributed by atoms with Gasteiger partial charge in [0.05, 0.1) is 66.7 Å². The highest BCUT2D eigenvalue weighted by atomic mass is 35.5. The summed E-state index contributed by atoms with van der Waals surface area (Å²) in [5.74, 6) is -1.85. The summed E-state index contributed by atoms with van der Waals surface area (Å²) in [7, 11) is 2.50. The maximum absolute atomic E-state index is 12.4. The zero-order valence-electron chi connectivity index (χ0n) is 32.0. The maximum Gasteiger partial charge on any atom is 0.432 e. The van der Waals surface area contributed by atoms with E-state index in [-0.39, 0.29) is 42.6 Å². The Morgan fingerprint density at radius 1 is 0.796 bits per heavy atom. The van der Waals surface area contributed by atoms with Crippen LogP contribution in [-0.2, 0) is 33.3 Å². The van der Waals surface area contributed by atoms with E-state index in [1.54, 1.807) is 65.8 Å². The SMILES string of the molecule is CCOC(=O)N/N=C(\C)c1cc(C(=O)OC)c(NC(C)=O)cc1C.CCOC(=O)N1N=C(c2cc(C(=O)OC)c(NC(C)=O)cc2C)C(Cl)CC1OCC. The van der Waals surface area contributed by atoms with Gasteiger partial charge < -0.3 is 34.3 Å². The summed E-state index contributed by atoms with van der Waals surface area (Å²) in [6.45, 7) is 13.9. The normalized spacial score (nSPS) is 15.1. The smallest absolute Gasteiger partial charge is 0.432 e. The monoisotopic (exact) mass is 774 g/mol. The van der Waals surface area contributed by atoms with Gasteiger partial charge in [0.1, 0.15) is 0 Å². The first-order chi connectivity index (χ1) is 25.5. The standard InChI is InChI=1S/C20H26ClN3O6.C16H21N3O5/c1-6-29-17-10-15(21)18(23-24(17)20(27)30-7-2)13-9-14(19(26)28-5)16(8-11(13)3)22-12(4)25;1-6-24-16(22)19-18-10(3)12-8-13(15(21)23-5)14(7-9(12)2)17-11(4)20/h8-9,15,17H,6-7,10H2,1-5H3,(H,22,25);7-8H,6H2,1-5H3,(H,17,20)(H,19,22)/b;18-10+. The number of carbonyl (C=O) groups excluding carboxylic acids is 6. The topological polar surface area (TPSA) is 213 Å². The summed E-state index contributed by atoms with van der Waals surface area (Å²) in [5, 5.41) is 14.1. The van der Waals surface area contributed by atoms with Gasteiger partial charge in [0, 0.05) is 38.0 Å². The number of esters is 2. The van der Waals surface area contributed by atoms with Crippen molar-refractivity contribution in [2.45, 2.75) is 73.4 Å². The predicted molar refractivity (Wildman–Crippen MR) is 201 cm³/mol. The van der Waals surface area contributed by atoms with E-state index in [0.717, 1.165) is 10.6 Å². The molecule has 294 valence electrons. The van der Waals surface area contributed by atoms with Crippen molar-refractivity contribution in [1.82, 2.24) is 10.4 Å². The fourth-order valence-corrected chi connectivity index (χ4v) is 5.43. The van der Waals surface area contributed by atoms with Crippen LogP contribution in [0.5, 0.6) is 0 Å². The molecule has 1 aliphatic heterocycles. The molecule has 54 heavy (non-hydrogen) atoms. The second-order valence-electron chi connectivity index (χ2n) is 11.4. The molecular formula is C36H47ClN6O11. The van der Waals surface area contributed by atoms with Crippen molar-refractivity contribution in [3.8, 4) is 0 Å². The van der Waals surface area contributed by atoms with E-state index in [1.165, 1.54) is 28.1 Å². The Morgan fingerprint density at radius 2 is 1.33 bits per heavy atom. The largest absolute Gasteiger partial charge is 0.465 e. The predicted octanol–water partition coefficient (Wildman–Crippen LogP) is 5.49. The zero-order chi connectivity index (χ0) is 40.7. The van der Waals surface area contributed by atoms with Gasteiger partial charge in [-0.1, -0.05) is 0 Å². The van der Waals surface area contributed by atoms with Crippen LogP contribution in [0.25, 0.3) is 0 Å². The van der Waals surface area contributed by atoms with Gasteiger partial charge in [-0.3, -0.25) is 9.59 Å². The Kier molecular flexibility index (Phi) is 17.5. The third kappa shape index (κ3) is 12.3. The molecule has 0 spiro atoms. The molecule has 2 aromatic rings. The van der Waals surface area contributed by atoms with E-state index >= 15 is 0 Å². The number of carbonyl (C=O) groups is 6. The van der Waals surface area contributed by atoms with Crippen LogP contribution in [0.2, 0.25) is 0 Å². The van der Waals surface area contributed by atoms with Crippen LogP contribution in [-0.4, -0.2) is 98.0 Å². The average molecular weight is 775 g/mol. The molecule has 0 aliphatic carbocycles. The van der Waals surface area contributed by atoms with Gasteiger partial charge in [0.25, 0.3) is 0 Å². The summed E-state index contributed by atoms with van der Waals surface area (Å²) in [5.41, 5.74) is 6.76. The van der Waals surface area contributed by atoms with Crippen LogP contribution in [0, 0.1) is 13.8 Å². The minimum absolute atomic E-state index is 0.148. The summed E-state index contributed by atoms with van der Waals surface area (Å²) in [6.07, 6.45) is -1.71. The Balaban J connectivity index is 0.000000383. The maximum atomic E-state index is 12.4. The molecule has 0 aromatic heterocycles. The highest BCUT2D eigenvalue weighted by molar-refractivity contribution is 6.35. The number of rotatable bonds is 11. The van der Waals surface area contributed by atoms with Gasteiger partial charge in [-0.15, -0.1) is 11.6 Å². The summed E-state index contributed by atoms with van der Waals surface area (Å²) < 4.78 is 25.0. The first-order valence-electron chi connectivity index (χ1n) is 16.8. The number of benzene rings is 2. The number of amides is 4. The molecular weight excluding hydrogens is 728 g/mol. The Hall–Kier alpha value is -5.55. The van der Waals surface area contributed by atoms with Crippen molar-refractivity contribution in [3.63, 3.8) is 0 Å². The molecule has 2 atom stereocenters. The minimum atomic E-state index is -0.669. The van der Waals surface area contributed by atoms with Crippen molar-refractivity contribution >= 4 is 70.3 Å². The van der Waals surface area contributed by atoms with Crippen molar-refractivity contribution < 1.29 is 52.5 Å². The van der Waals surface area contributed by atoms with E-state index < -0.39 is 35.7 Å². The molecule has 2 aromatic carbocycles. The fourth-order valence-electron chi connectivity index (χ4n) is 5.11. The van der Waals surface area contributed by atoms with Crippen LogP contribution in [0.1, 0.15) is 90.9 Å². The van der Waals surface area contributed by atoms with E-state index in [4.69, 9.17) is 35.3 Å². The van der Waals surface area contributed by atoms with Crippen LogP contribution in [0.4, 0.5) is 21.0 Å². The summed E-state index contributed by atoms with van der Waals surface area (Å²) >= 11 is 6.58. The molecule has 0 saturated carbocycles. The van der Waals surface area contributed by atoms with Crippen LogP contribution in [0.3, 0.4) is 0 Å². The molecule has 0 fully saturated rings. The third-order valence-corrected chi connectivity index (χ3v) is 7.81. The van der Waals surface area contributed by atoms with Crippen molar-refractivity contribution in [3.05, 3.63) is 57.6 Å². The minimum Gasteiger partial charge on any atom is -0.465 e. The molecule has 1 aliphatic rings. The number of nitrogens with zero attached hydrogens (tertiary/aromatic N) is 3. The van der Waals surface area contributed by atoms with Gasteiger partial charge in [-0.2, -0.15) is 15.2 Å². The number of aryl methyl sites for hydroxylation is 2. The summed E-state index contributed by atoms with van der Waals surface area (Å²) in [4.78, 5) is 70.8. The number of hydrazone groups is 2. The number of methoxy groups -OCH3 is 2. The molecule has 4 amide bonds. The molecule has 17 nitrogen and oxygen atoms in total. The van der Waals surface area contributed by atoms with Crippen LogP contribution in [0.15, 0.2) is 34.5 Å². The van der Waals surface area contributed by atoms with Crippen molar-refractivity contribution in [2.75, 3.05) is 44.7 Å². The number of hydrogen-bond acceptors (Lipinski definition) is 13. The second-order valence-corrected chi connectivity index (χ2v) is 12.0. The number of alkyl halides is 1. The lowest BCUT2D eigenvalue weighted by atomic mass is 9.95. The van der Waals surface area contributed by atoms with Gasteiger partial charge in [-0.25, -0.2) is 24.6 Å². The first-order valence-corrected chi connectivity index (χ1v) is 17.3. The molecule has 3 rings (SSSR count). The zero-order valence-corrected chi connectivity index (χ0v) is 32.8. The third-order valence-electron chi connectivity index (χ3n) is 7.42. The average Bonchev–Trinajstić information content (AvgIpc) is 3.10. The lowest BCUT2D eigenvalue weighted by molar-refractivity contribution is -0.115. The van der Waals surface area contributed by atoms with Gasteiger partial charge in [0.15, 0.2) is 6.23 Å². The number of hydrogen-bond donors (Lipinski definition) is 3. The molecule has 1 heterocycles. The van der Waals surface area contributed by atoms with Gasteiger partial charge in [0.2, 0.25) is 11.8 Å². The van der Waals surface area contributed by atoms with Gasteiger partial charge >= 0.3 is 24.1 Å². The first kappa shape index (κ1) is 44.6. The number of anilines is 2. The summed E-state index contributed by atoms with van der Waals surface area (Å²) in [6, 6.07) is 6.38. The Labute approximate surface area is 318 Å². The van der Waals surface area contributed by atoms with Crippen LogP contribution >= 0.6 is 11.6 Å². The number of halogens is 1. The molecule has 3 N–H and O–H groups in total. The number of nitrogens with one attached hydrogen (secondary N) is 3. The highest BCUT2D eigenvalue weighted by Crippen LogP contribution is 2.30. The van der Waals surface area contributed by atoms with Gasteiger partial charge in [-0.05, 0) is 76.9 Å². The molecule has 0 bridgehead atoms. The van der Waals surface area contributed by atoms with Crippen LogP contribution < -0.4 is 16.1 Å². The van der Waals surface area contributed by atoms with E-state index in [1.807, 2.05) is 0 Å². The lowest BCUT2D eigenvalue weighted by Gasteiger charge is -2.33. The highest BCUT2D eigenvalue weighted by Gasteiger charge is 2.36. The molecule has 18 heteroatoms. The quantitative estimate of drug-likeness (QED) is 0.0854. The van der Waals surface area contributed by atoms with Crippen molar-refractivity contribution in [2.24, 2.45) is 10.2 Å². The van der Waals surface area contributed by atoms with Crippen molar-refractivity contribution in [1.29, 1.82) is 0 Å². The Morgan fingerprint density at radius 3 is 1.83 bits per heavy atom.